The molecule has 1 aliphatic heterocycles. The smallest absolute Gasteiger partial charge is 0.339 e. The van der Waals surface area contributed by atoms with Crippen LogP contribution in [0, 0.1) is 12.8 Å². The first-order valence-corrected chi connectivity index (χ1v) is 6.36. The second-order valence-electron chi connectivity index (χ2n) is 4.84. The van der Waals surface area contributed by atoms with Gasteiger partial charge in [-0.05, 0) is 19.1 Å². The van der Waals surface area contributed by atoms with Gasteiger partial charge in [0.15, 0.2) is 0 Å². The molecular weight excluding hydrogens is 260 g/mol. The summed E-state index contributed by atoms with van der Waals surface area (Å²) < 4.78 is 9.89. The number of aryl methyl sites for hydroxylation is 1. The highest BCUT2D eigenvalue weighted by Gasteiger charge is 2.31. The van der Waals surface area contributed by atoms with Gasteiger partial charge in [-0.15, -0.1) is 0 Å². The summed E-state index contributed by atoms with van der Waals surface area (Å²) in [5.41, 5.74) is 7.46. The summed E-state index contributed by atoms with van der Waals surface area (Å²) in [4.78, 5) is 23.9. The van der Waals surface area contributed by atoms with Crippen molar-refractivity contribution in [1.82, 2.24) is 0 Å². The van der Waals surface area contributed by atoms with Crippen molar-refractivity contribution in [2.24, 2.45) is 11.7 Å². The quantitative estimate of drug-likeness (QED) is 0.794. The fourth-order valence-corrected chi connectivity index (χ4v) is 2.11. The van der Waals surface area contributed by atoms with Gasteiger partial charge in [0.05, 0.1) is 37.5 Å². The number of carbonyl (C=O) groups excluding carboxylic acids is 2. The Bertz CT molecular complexity index is 530. The minimum absolute atomic E-state index is 0.246. The van der Waals surface area contributed by atoms with Gasteiger partial charge in [-0.3, -0.25) is 4.79 Å². The van der Waals surface area contributed by atoms with Gasteiger partial charge in [-0.2, -0.15) is 0 Å². The van der Waals surface area contributed by atoms with E-state index < -0.39 is 11.9 Å². The summed E-state index contributed by atoms with van der Waals surface area (Å²) in [5.74, 6) is -1.14. The Balaban J connectivity index is 2.20. The molecule has 1 aliphatic rings. The summed E-state index contributed by atoms with van der Waals surface area (Å²) >= 11 is 0. The molecule has 2 atom stereocenters. The van der Waals surface area contributed by atoms with E-state index in [0.29, 0.717) is 24.5 Å². The first kappa shape index (κ1) is 14.5. The molecule has 3 N–H and O–H groups in total. The van der Waals surface area contributed by atoms with Crippen molar-refractivity contribution >= 4 is 17.6 Å². The van der Waals surface area contributed by atoms with Crippen LogP contribution in [0.25, 0.3) is 0 Å². The Kier molecular flexibility index (Phi) is 4.36. The summed E-state index contributed by atoms with van der Waals surface area (Å²) in [6.07, 6.45) is 0. The zero-order chi connectivity index (χ0) is 14.7. The summed E-state index contributed by atoms with van der Waals surface area (Å²) in [6, 6.07) is 4.85. The van der Waals surface area contributed by atoms with Crippen molar-refractivity contribution < 1.29 is 19.1 Å². The summed E-state index contributed by atoms with van der Waals surface area (Å²) in [6.45, 7) is 2.53. The van der Waals surface area contributed by atoms with Gasteiger partial charge < -0.3 is 20.5 Å². The maximum atomic E-state index is 12.1. The number of rotatable bonds is 3. The first-order valence-electron chi connectivity index (χ1n) is 6.36. The van der Waals surface area contributed by atoms with Gasteiger partial charge in [0, 0.05) is 6.04 Å². The van der Waals surface area contributed by atoms with Gasteiger partial charge in [0.1, 0.15) is 0 Å². The lowest BCUT2D eigenvalue weighted by atomic mass is 10.0. The molecule has 1 amide bonds. The Morgan fingerprint density at radius 3 is 2.75 bits per heavy atom. The van der Waals surface area contributed by atoms with E-state index in [1.807, 2.05) is 13.0 Å². The topological polar surface area (TPSA) is 90.6 Å². The van der Waals surface area contributed by atoms with E-state index in [9.17, 15) is 9.59 Å². The number of esters is 1. The zero-order valence-corrected chi connectivity index (χ0v) is 11.5. The maximum Gasteiger partial charge on any atom is 0.339 e. The fraction of sp³-hybridized carbons (Fsp3) is 0.429. The van der Waals surface area contributed by atoms with Crippen LogP contribution in [0.15, 0.2) is 18.2 Å². The van der Waals surface area contributed by atoms with E-state index >= 15 is 0 Å². The molecule has 108 valence electrons. The molecule has 2 unspecified atom stereocenters. The lowest BCUT2D eigenvalue weighted by Crippen LogP contribution is -2.37. The Labute approximate surface area is 117 Å². The molecule has 6 heteroatoms. The van der Waals surface area contributed by atoms with E-state index in [2.05, 4.69) is 5.32 Å². The molecule has 20 heavy (non-hydrogen) atoms. The molecule has 1 fully saturated rings. The molecule has 0 radical (unpaired) electrons. The minimum atomic E-state index is -0.490. The van der Waals surface area contributed by atoms with Crippen LogP contribution in [-0.4, -0.2) is 38.2 Å². The predicted molar refractivity (Wildman–Crippen MR) is 73.4 cm³/mol. The van der Waals surface area contributed by atoms with Crippen LogP contribution in [0.2, 0.25) is 0 Å². The lowest BCUT2D eigenvalue weighted by molar-refractivity contribution is -0.120. The van der Waals surface area contributed by atoms with E-state index in [1.165, 1.54) is 7.11 Å². The Hall–Kier alpha value is -1.92. The number of hydrogen-bond acceptors (Lipinski definition) is 5. The summed E-state index contributed by atoms with van der Waals surface area (Å²) in [5, 5.41) is 2.73. The van der Waals surface area contributed by atoms with Gasteiger partial charge in [0.25, 0.3) is 0 Å². The van der Waals surface area contributed by atoms with Crippen LogP contribution in [0.1, 0.15) is 15.9 Å². The molecular formula is C14H18N2O4. The fourth-order valence-electron chi connectivity index (χ4n) is 2.11. The number of anilines is 1. The number of amides is 1. The number of ether oxygens (including phenoxy) is 2. The van der Waals surface area contributed by atoms with Crippen molar-refractivity contribution in [3.63, 3.8) is 0 Å². The van der Waals surface area contributed by atoms with Crippen LogP contribution in [0.5, 0.6) is 0 Å². The van der Waals surface area contributed by atoms with E-state index in [-0.39, 0.29) is 11.9 Å². The molecule has 0 bridgehead atoms. The molecule has 0 aliphatic carbocycles. The zero-order valence-electron chi connectivity index (χ0n) is 11.5. The van der Waals surface area contributed by atoms with E-state index in [4.69, 9.17) is 15.2 Å². The Morgan fingerprint density at radius 2 is 2.15 bits per heavy atom. The highest BCUT2D eigenvalue weighted by Crippen LogP contribution is 2.21. The molecule has 0 aromatic heterocycles. The molecule has 6 nitrogen and oxygen atoms in total. The standard InChI is InChI=1S/C14H18N2O4/c1-8-3-4-12(9(5-8)14(18)19-2)16-13(17)10-6-20-7-11(10)15/h3-5,10-11H,6-7,15H2,1-2H3,(H,16,17). The normalized spacial score (nSPS) is 21.6. The van der Waals surface area contributed by atoms with Crippen LogP contribution >= 0.6 is 0 Å². The second kappa shape index (κ2) is 6.02. The predicted octanol–water partition coefficient (Wildman–Crippen LogP) is 0.694. The molecule has 1 saturated heterocycles. The Morgan fingerprint density at radius 1 is 1.40 bits per heavy atom. The number of carbonyl (C=O) groups is 2. The third-order valence-corrected chi connectivity index (χ3v) is 3.30. The molecule has 2 rings (SSSR count). The van der Waals surface area contributed by atoms with E-state index in [0.717, 1.165) is 5.56 Å². The third kappa shape index (κ3) is 2.97. The van der Waals surface area contributed by atoms with Gasteiger partial charge in [0.2, 0.25) is 5.91 Å². The number of nitrogens with one attached hydrogen (secondary N) is 1. The number of methoxy groups -OCH3 is 1. The van der Waals surface area contributed by atoms with Gasteiger partial charge in [-0.1, -0.05) is 11.6 Å². The van der Waals surface area contributed by atoms with Crippen molar-refractivity contribution in [2.75, 3.05) is 25.6 Å². The van der Waals surface area contributed by atoms with Gasteiger partial charge in [-0.25, -0.2) is 4.79 Å². The molecule has 1 aromatic rings. The third-order valence-electron chi connectivity index (χ3n) is 3.30. The molecule has 1 aromatic carbocycles. The average molecular weight is 278 g/mol. The number of benzene rings is 1. The second-order valence-corrected chi connectivity index (χ2v) is 4.84. The molecule has 0 saturated carbocycles. The maximum absolute atomic E-state index is 12.1. The van der Waals surface area contributed by atoms with Crippen molar-refractivity contribution in [1.29, 1.82) is 0 Å². The first-order chi connectivity index (χ1) is 9.52. The SMILES string of the molecule is COC(=O)c1cc(C)ccc1NC(=O)C1COCC1N. The molecule has 0 spiro atoms. The summed E-state index contributed by atoms with van der Waals surface area (Å²) in [7, 11) is 1.30. The van der Waals surface area contributed by atoms with Crippen molar-refractivity contribution in [2.45, 2.75) is 13.0 Å². The number of hydrogen-bond donors (Lipinski definition) is 2. The van der Waals surface area contributed by atoms with Crippen LogP contribution in [0.4, 0.5) is 5.69 Å². The minimum Gasteiger partial charge on any atom is -0.465 e. The molecule has 1 heterocycles. The van der Waals surface area contributed by atoms with Crippen LogP contribution in [-0.2, 0) is 14.3 Å². The van der Waals surface area contributed by atoms with Crippen molar-refractivity contribution in [3.8, 4) is 0 Å². The monoisotopic (exact) mass is 278 g/mol. The number of nitrogens with two attached hydrogens (primary N) is 1. The largest absolute Gasteiger partial charge is 0.465 e. The van der Waals surface area contributed by atoms with Gasteiger partial charge >= 0.3 is 5.97 Å². The van der Waals surface area contributed by atoms with Crippen LogP contribution < -0.4 is 11.1 Å². The highest BCUT2D eigenvalue weighted by molar-refractivity contribution is 6.02. The average Bonchev–Trinajstić information content (AvgIpc) is 2.86. The lowest BCUT2D eigenvalue weighted by Gasteiger charge is -2.15. The van der Waals surface area contributed by atoms with Crippen molar-refractivity contribution in [3.05, 3.63) is 29.3 Å². The van der Waals surface area contributed by atoms with E-state index in [1.54, 1.807) is 12.1 Å². The highest BCUT2D eigenvalue weighted by atomic mass is 16.5. The van der Waals surface area contributed by atoms with Crippen LogP contribution in [0.3, 0.4) is 0 Å².